The Bertz CT molecular complexity index is 2010. The predicted molar refractivity (Wildman–Crippen MR) is 246 cm³/mol. The first kappa shape index (κ1) is 44.6. The van der Waals surface area contributed by atoms with Crippen LogP contribution >= 0.6 is 0 Å². The largest absolute Gasteiger partial charge is 0.507 e. The van der Waals surface area contributed by atoms with Gasteiger partial charge in [-0.15, -0.1) is 0 Å². The quantitative estimate of drug-likeness (QED) is 0.234. The number of aromatic hydroxyl groups is 3. The summed E-state index contributed by atoms with van der Waals surface area (Å²) in [6.45, 7) is 45.6. The monoisotopic (exact) mass is 778 g/mol. The van der Waals surface area contributed by atoms with Crippen LogP contribution in [0.3, 0.4) is 0 Å². The molecule has 0 saturated carbocycles. The van der Waals surface area contributed by atoms with Crippen LogP contribution < -0.4 is 0 Å². The molecule has 1 aliphatic carbocycles. The van der Waals surface area contributed by atoms with E-state index >= 15 is 0 Å². The molecule has 3 N–H and O–H groups in total. The standard InChI is InChI=1S/C54H80O3/c1-32-30-54(21,31-36-28-43(52(15,16)17)47(57)44(29-36)53(18,19)20)38(23-35-26-41(50(9,10)11)46(56)42(27-35)51(12,13)14)33(2)37(32)22-34-24-39(48(3,4)5)45(55)40(25-34)49(6,7)8/h24-29,55-57H,22-23,30-31H2,1-21H3/i30D. The average Bonchev–Trinajstić information content (AvgIpc) is 3.03. The predicted octanol–water partition coefficient (Wildman–Crippen LogP) is 14.7. The molecular weight excluding hydrogens is 697 g/mol. The summed E-state index contributed by atoms with van der Waals surface area (Å²) in [6.07, 6.45) is 1.42. The topological polar surface area (TPSA) is 60.7 Å². The fraction of sp³-hybridized carbons (Fsp3) is 0.593. The van der Waals surface area contributed by atoms with Crippen molar-refractivity contribution in [3.05, 3.63) is 109 Å². The lowest BCUT2D eigenvalue weighted by atomic mass is 9.63. The number of phenolic OH excluding ortho intramolecular Hbond substituents is 3. The van der Waals surface area contributed by atoms with E-state index in [1.807, 2.05) is 0 Å². The van der Waals surface area contributed by atoms with Crippen LogP contribution in [-0.2, 0) is 51.8 Å². The van der Waals surface area contributed by atoms with Crippen molar-refractivity contribution in [3.8, 4) is 17.2 Å². The van der Waals surface area contributed by atoms with Crippen molar-refractivity contribution >= 4 is 0 Å². The third-order valence-electron chi connectivity index (χ3n) is 12.3. The molecule has 3 aromatic carbocycles. The molecule has 314 valence electrons. The minimum Gasteiger partial charge on any atom is -0.507 e. The highest BCUT2D eigenvalue weighted by atomic mass is 16.3. The van der Waals surface area contributed by atoms with Crippen LogP contribution in [0.4, 0.5) is 0 Å². The van der Waals surface area contributed by atoms with E-state index in [-0.39, 0.29) is 32.5 Å². The lowest BCUT2D eigenvalue weighted by Gasteiger charge is -2.41. The first-order valence-corrected chi connectivity index (χ1v) is 21.3. The maximum absolute atomic E-state index is 11.7. The highest BCUT2D eigenvalue weighted by Crippen LogP contribution is 2.51. The van der Waals surface area contributed by atoms with Gasteiger partial charge < -0.3 is 15.3 Å². The van der Waals surface area contributed by atoms with E-state index in [0.29, 0.717) is 36.5 Å². The van der Waals surface area contributed by atoms with E-state index in [4.69, 9.17) is 0 Å². The third-order valence-corrected chi connectivity index (χ3v) is 12.3. The van der Waals surface area contributed by atoms with E-state index in [0.717, 1.165) is 55.6 Å². The molecule has 2 atom stereocenters. The molecule has 3 aromatic rings. The minimum absolute atomic E-state index is 0.251. The van der Waals surface area contributed by atoms with Crippen LogP contribution in [0.1, 0.15) is 203 Å². The number of rotatable bonds is 6. The molecule has 1 aliphatic rings. The molecule has 0 amide bonds. The van der Waals surface area contributed by atoms with Gasteiger partial charge in [-0.05, 0) is 139 Å². The summed E-state index contributed by atoms with van der Waals surface area (Å²) in [5.41, 5.74) is 11.6. The van der Waals surface area contributed by atoms with Crippen LogP contribution in [0.25, 0.3) is 0 Å². The molecular formula is C54H80O3. The van der Waals surface area contributed by atoms with Crippen LogP contribution in [-0.4, -0.2) is 15.3 Å². The summed E-state index contributed by atoms with van der Waals surface area (Å²) >= 11 is 0. The van der Waals surface area contributed by atoms with Gasteiger partial charge in [0, 0.05) is 1.37 Å². The van der Waals surface area contributed by atoms with Gasteiger partial charge >= 0.3 is 0 Å². The van der Waals surface area contributed by atoms with Gasteiger partial charge in [0.2, 0.25) is 0 Å². The molecule has 57 heavy (non-hydrogen) atoms. The second-order valence-corrected chi connectivity index (χ2v) is 24.0. The molecule has 0 radical (unpaired) electrons. The molecule has 3 nitrogen and oxygen atoms in total. The number of hydrogen-bond acceptors (Lipinski definition) is 3. The zero-order valence-corrected chi connectivity index (χ0v) is 40.0. The Morgan fingerprint density at radius 3 is 1.02 bits per heavy atom. The molecule has 0 heterocycles. The number of phenols is 3. The van der Waals surface area contributed by atoms with Crippen LogP contribution in [0, 0.1) is 5.41 Å². The van der Waals surface area contributed by atoms with E-state index in [2.05, 4.69) is 182 Å². The molecule has 0 spiro atoms. The Morgan fingerprint density at radius 1 is 0.474 bits per heavy atom. The number of benzene rings is 3. The molecule has 0 aliphatic heterocycles. The van der Waals surface area contributed by atoms with Crippen molar-refractivity contribution < 1.29 is 16.7 Å². The SMILES string of the molecule is [2H]C1C(C)=C(Cc2cc(C(C)(C)C)c(O)c(C(C)(C)C)c2)C(C)=C(Cc2cc(C(C)(C)C)c(O)c(C(C)(C)C)c2)C1(C)Cc1cc(C(C)(C)C)c(O)c(C(C)(C)C)c1. The number of allylic oxidation sites excluding steroid dienone is 4. The molecule has 0 saturated heterocycles. The first-order chi connectivity index (χ1) is 25.9. The van der Waals surface area contributed by atoms with Gasteiger partial charge in [-0.2, -0.15) is 0 Å². The Balaban J connectivity index is 2.07. The summed E-state index contributed by atoms with van der Waals surface area (Å²) < 4.78 is 10.3. The minimum atomic E-state index is -0.581. The highest BCUT2D eigenvalue weighted by molar-refractivity contribution is 5.56. The van der Waals surface area contributed by atoms with Crippen molar-refractivity contribution in [2.24, 2.45) is 5.41 Å². The summed E-state index contributed by atoms with van der Waals surface area (Å²) in [4.78, 5) is 0. The van der Waals surface area contributed by atoms with Crippen molar-refractivity contribution in [3.63, 3.8) is 0 Å². The van der Waals surface area contributed by atoms with Crippen LogP contribution in [0.2, 0.25) is 0 Å². The lowest BCUT2D eigenvalue weighted by Crippen LogP contribution is -2.30. The van der Waals surface area contributed by atoms with Crippen LogP contribution in [0.5, 0.6) is 17.2 Å². The van der Waals surface area contributed by atoms with Gasteiger partial charge in [0.25, 0.3) is 0 Å². The smallest absolute Gasteiger partial charge is 0.123 e. The van der Waals surface area contributed by atoms with E-state index in [1.165, 1.54) is 16.7 Å². The molecule has 3 heteroatoms. The normalized spacial score (nSPS) is 19.4. The summed E-state index contributed by atoms with van der Waals surface area (Å²) in [7, 11) is 0. The number of hydrogen-bond donors (Lipinski definition) is 3. The maximum Gasteiger partial charge on any atom is 0.123 e. The molecule has 4 rings (SSSR count). The van der Waals surface area contributed by atoms with Gasteiger partial charge in [-0.25, -0.2) is 0 Å². The van der Waals surface area contributed by atoms with Gasteiger partial charge in [0.05, 0.1) is 0 Å². The summed E-state index contributed by atoms with van der Waals surface area (Å²) in [6, 6.07) is 13.2. The van der Waals surface area contributed by atoms with Gasteiger partial charge in [-0.3, -0.25) is 0 Å². The molecule has 0 fully saturated rings. The highest BCUT2D eigenvalue weighted by Gasteiger charge is 2.38. The van der Waals surface area contributed by atoms with Gasteiger partial charge in [0.1, 0.15) is 17.2 Å². The van der Waals surface area contributed by atoms with Gasteiger partial charge in [0.15, 0.2) is 0 Å². The molecule has 0 aromatic heterocycles. The van der Waals surface area contributed by atoms with Crippen LogP contribution in [0.15, 0.2) is 58.7 Å². The third kappa shape index (κ3) is 9.88. The summed E-state index contributed by atoms with van der Waals surface area (Å²) in [5.74, 6) is 1.13. The van der Waals surface area contributed by atoms with E-state index in [1.54, 1.807) is 0 Å². The molecule has 0 bridgehead atoms. The second kappa shape index (κ2) is 15.0. The lowest BCUT2D eigenvalue weighted by molar-refractivity contribution is 0.367. The van der Waals surface area contributed by atoms with Crippen molar-refractivity contribution in [2.45, 2.75) is 204 Å². The zero-order chi connectivity index (χ0) is 44.7. The zero-order valence-electron chi connectivity index (χ0n) is 41.0. The Morgan fingerprint density at radius 2 is 0.737 bits per heavy atom. The maximum atomic E-state index is 11.7. The van der Waals surface area contributed by atoms with Crippen molar-refractivity contribution in [1.29, 1.82) is 0 Å². The second-order valence-electron chi connectivity index (χ2n) is 24.0. The summed E-state index contributed by atoms with van der Waals surface area (Å²) in [5, 5.41) is 35.0. The average molecular weight is 778 g/mol. The fourth-order valence-corrected chi connectivity index (χ4v) is 8.97. The fourth-order valence-electron chi connectivity index (χ4n) is 8.97. The Labute approximate surface area is 350 Å². The van der Waals surface area contributed by atoms with E-state index in [9.17, 15) is 16.7 Å². The van der Waals surface area contributed by atoms with Crippen molar-refractivity contribution in [2.75, 3.05) is 0 Å². The van der Waals surface area contributed by atoms with E-state index < -0.39 is 11.8 Å². The molecule has 2 unspecified atom stereocenters. The Hall–Kier alpha value is -3.46. The first-order valence-electron chi connectivity index (χ1n) is 21.9. The Kier molecular flexibility index (Phi) is 11.7. The van der Waals surface area contributed by atoms with Gasteiger partial charge in [-0.1, -0.05) is 179 Å². The van der Waals surface area contributed by atoms with Crippen molar-refractivity contribution in [1.82, 2.24) is 0 Å².